The van der Waals surface area contributed by atoms with E-state index in [9.17, 15) is 14.4 Å². The molecule has 1 heterocycles. The number of methoxy groups -OCH3 is 1. The number of benzene rings is 3. The molecule has 0 spiro atoms. The van der Waals surface area contributed by atoms with Gasteiger partial charge in [-0.2, -0.15) is 0 Å². The fourth-order valence-electron chi connectivity index (χ4n) is 3.44. The van der Waals surface area contributed by atoms with Gasteiger partial charge < -0.3 is 14.8 Å². The highest BCUT2D eigenvalue weighted by molar-refractivity contribution is 9.10. The van der Waals surface area contributed by atoms with Crippen LogP contribution in [-0.2, 0) is 20.9 Å². The number of carbonyl (C=O) groups excluding carboxylic acids is 3. The van der Waals surface area contributed by atoms with Crippen molar-refractivity contribution in [1.82, 2.24) is 10.2 Å². The fourth-order valence-corrected chi connectivity index (χ4v) is 4.43. The summed E-state index contributed by atoms with van der Waals surface area (Å²) < 4.78 is 11.1. The molecule has 0 aromatic heterocycles. The summed E-state index contributed by atoms with van der Waals surface area (Å²) in [5.74, 6) is -0.868. The van der Waals surface area contributed by atoms with Crippen molar-refractivity contribution in [2.45, 2.75) is 6.61 Å². The lowest BCUT2D eigenvalue weighted by atomic mass is 10.1. The molecule has 0 saturated carbocycles. The van der Waals surface area contributed by atoms with Gasteiger partial charge in [0.1, 0.15) is 18.8 Å². The number of carbonyl (C=O) groups is 3. The molecule has 1 fully saturated rings. The largest absolute Gasteiger partial charge is 0.486 e. The zero-order chi connectivity index (χ0) is 23.5. The first kappa shape index (κ1) is 22.8. The van der Waals surface area contributed by atoms with Crippen LogP contribution in [0.15, 0.2) is 64.8 Å². The minimum absolute atomic E-state index is 0.0243. The highest BCUT2D eigenvalue weighted by Gasteiger charge is 2.35. The van der Waals surface area contributed by atoms with Gasteiger partial charge in [-0.25, -0.2) is 9.69 Å². The normalized spacial score (nSPS) is 14.6. The Balaban J connectivity index is 1.53. The molecule has 3 aromatic carbocycles. The Morgan fingerprint density at radius 3 is 2.67 bits per heavy atom. The van der Waals surface area contributed by atoms with E-state index in [0.717, 1.165) is 21.2 Å². The molecule has 0 unspecified atom stereocenters. The van der Waals surface area contributed by atoms with Crippen molar-refractivity contribution in [3.05, 3.63) is 80.9 Å². The van der Waals surface area contributed by atoms with Gasteiger partial charge in [0.05, 0.1) is 16.6 Å². The number of urea groups is 1. The lowest BCUT2D eigenvalue weighted by molar-refractivity contribution is -0.143. The highest BCUT2D eigenvalue weighted by atomic mass is 79.9. The molecule has 1 aliphatic rings. The fraction of sp³-hybridized carbons (Fsp3) is 0.125. The lowest BCUT2D eigenvalue weighted by Crippen LogP contribution is -2.36. The Hall–Kier alpha value is -3.36. The van der Waals surface area contributed by atoms with E-state index < -0.39 is 24.5 Å². The van der Waals surface area contributed by atoms with Gasteiger partial charge in [0.25, 0.3) is 5.91 Å². The van der Waals surface area contributed by atoms with Crippen LogP contribution in [0.2, 0.25) is 5.02 Å². The Morgan fingerprint density at radius 1 is 1.15 bits per heavy atom. The number of nitrogens with zero attached hydrogens (tertiary/aromatic N) is 1. The minimum Gasteiger partial charge on any atom is -0.486 e. The zero-order valence-electron chi connectivity index (χ0n) is 17.4. The molecule has 168 valence electrons. The number of hydrogen-bond acceptors (Lipinski definition) is 5. The molecule has 0 aliphatic carbocycles. The van der Waals surface area contributed by atoms with E-state index in [-0.39, 0.29) is 5.70 Å². The number of nitrogens with one attached hydrogen (secondary N) is 1. The van der Waals surface area contributed by atoms with Gasteiger partial charge >= 0.3 is 12.0 Å². The van der Waals surface area contributed by atoms with Gasteiger partial charge in [-0.05, 0) is 56.0 Å². The number of esters is 1. The first-order valence-corrected chi connectivity index (χ1v) is 11.0. The summed E-state index contributed by atoms with van der Waals surface area (Å²) in [7, 11) is 1.18. The van der Waals surface area contributed by atoms with E-state index in [0.29, 0.717) is 27.4 Å². The third-order valence-electron chi connectivity index (χ3n) is 5.06. The van der Waals surface area contributed by atoms with E-state index in [1.807, 2.05) is 42.5 Å². The summed E-state index contributed by atoms with van der Waals surface area (Å²) in [4.78, 5) is 36.7. The van der Waals surface area contributed by atoms with Crippen LogP contribution < -0.4 is 10.1 Å². The zero-order valence-corrected chi connectivity index (χ0v) is 19.8. The second kappa shape index (κ2) is 9.64. The average Bonchev–Trinajstić information content (AvgIpc) is 3.05. The molecule has 3 aromatic rings. The topological polar surface area (TPSA) is 84.9 Å². The summed E-state index contributed by atoms with van der Waals surface area (Å²) in [6, 6.07) is 16.7. The van der Waals surface area contributed by atoms with E-state index >= 15 is 0 Å². The number of halogens is 2. The number of hydrogen-bond donors (Lipinski definition) is 1. The molecule has 3 amide bonds. The van der Waals surface area contributed by atoms with Crippen LogP contribution in [0.1, 0.15) is 11.1 Å². The summed E-state index contributed by atoms with van der Waals surface area (Å²) in [6.45, 7) is -0.152. The first-order chi connectivity index (χ1) is 15.9. The number of rotatable bonds is 6. The molecular formula is C24H18BrClN2O5. The van der Waals surface area contributed by atoms with Crippen LogP contribution >= 0.6 is 27.5 Å². The Labute approximate surface area is 203 Å². The van der Waals surface area contributed by atoms with Crippen molar-refractivity contribution in [3.8, 4) is 5.75 Å². The van der Waals surface area contributed by atoms with E-state index in [1.54, 1.807) is 12.1 Å². The Morgan fingerprint density at radius 2 is 1.91 bits per heavy atom. The number of imide groups is 1. The third-order valence-corrected chi connectivity index (χ3v) is 5.93. The third kappa shape index (κ3) is 4.86. The molecule has 0 bridgehead atoms. The predicted octanol–water partition coefficient (Wildman–Crippen LogP) is 4.90. The first-order valence-electron chi connectivity index (χ1n) is 9.87. The molecule has 4 rings (SSSR count). The molecule has 1 aliphatic heterocycles. The predicted molar refractivity (Wildman–Crippen MR) is 128 cm³/mol. The van der Waals surface area contributed by atoms with Crippen LogP contribution in [0, 0.1) is 0 Å². The molecule has 9 heteroatoms. The SMILES string of the molecule is COC(=O)CN1C(=O)N/C(=C/c2cc(Cl)c(OCc3cccc4ccccc34)c(Br)c2)C1=O. The van der Waals surface area contributed by atoms with Crippen molar-refractivity contribution >= 4 is 62.3 Å². The standard InChI is InChI=1S/C24H18BrClN2O5/c1-32-21(29)12-28-23(30)20(27-24(28)31)11-14-9-18(25)22(19(26)10-14)33-13-16-7-4-6-15-5-2-3-8-17(15)16/h2-11H,12-13H2,1H3,(H,27,31)/b20-11+. The summed E-state index contributed by atoms with van der Waals surface area (Å²) in [5.41, 5.74) is 1.61. The summed E-state index contributed by atoms with van der Waals surface area (Å²) in [6.07, 6.45) is 1.47. The molecule has 0 atom stereocenters. The maximum atomic E-state index is 12.5. The minimum atomic E-state index is -0.697. The second-order valence-electron chi connectivity index (χ2n) is 7.20. The van der Waals surface area contributed by atoms with Gasteiger partial charge in [0, 0.05) is 0 Å². The molecular weight excluding hydrogens is 512 g/mol. The smallest absolute Gasteiger partial charge is 0.329 e. The van der Waals surface area contributed by atoms with E-state index in [2.05, 4.69) is 26.0 Å². The van der Waals surface area contributed by atoms with Crippen LogP contribution in [0.4, 0.5) is 4.79 Å². The Bertz CT molecular complexity index is 1280. The van der Waals surface area contributed by atoms with Gasteiger partial charge in [0.15, 0.2) is 5.75 Å². The van der Waals surface area contributed by atoms with Gasteiger partial charge in [-0.3, -0.25) is 9.59 Å². The van der Waals surface area contributed by atoms with Crippen molar-refractivity contribution < 1.29 is 23.9 Å². The number of amides is 3. The van der Waals surface area contributed by atoms with Gasteiger partial charge in [-0.15, -0.1) is 0 Å². The van der Waals surface area contributed by atoms with Crippen molar-refractivity contribution in [1.29, 1.82) is 0 Å². The van der Waals surface area contributed by atoms with Crippen LogP contribution in [0.3, 0.4) is 0 Å². The van der Waals surface area contributed by atoms with Crippen LogP contribution in [-0.4, -0.2) is 36.5 Å². The van der Waals surface area contributed by atoms with Gasteiger partial charge in [-0.1, -0.05) is 54.1 Å². The maximum absolute atomic E-state index is 12.5. The molecule has 0 radical (unpaired) electrons. The average molecular weight is 530 g/mol. The molecule has 33 heavy (non-hydrogen) atoms. The molecule has 1 saturated heterocycles. The van der Waals surface area contributed by atoms with Crippen LogP contribution in [0.5, 0.6) is 5.75 Å². The van der Waals surface area contributed by atoms with Crippen molar-refractivity contribution in [2.24, 2.45) is 0 Å². The van der Waals surface area contributed by atoms with E-state index in [4.69, 9.17) is 16.3 Å². The highest BCUT2D eigenvalue weighted by Crippen LogP contribution is 2.36. The Kier molecular flexibility index (Phi) is 6.67. The van der Waals surface area contributed by atoms with Crippen LogP contribution in [0.25, 0.3) is 16.8 Å². The van der Waals surface area contributed by atoms with E-state index in [1.165, 1.54) is 13.2 Å². The molecule has 7 nitrogen and oxygen atoms in total. The van der Waals surface area contributed by atoms with Crippen molar-refractivity contribution in [3.63, 3.8) is 0 Å². The number of ether oxygens (including phenoxy) is 2. The maximum Gasteiger partial charge on any atom is 0.329 e. The second-order valence-corrected chi connectivity index (χ2v) is 8.46. The lowest BCUT2D eigenvalue weighted by Gasteiger charge is -2.13. The summed E-state index contributed by atoms with van der Waals surface area (Å²) >= 11 is 9.93. The number of fused-ring (bicyclic) bond motifs is 1. The quantitative estimate of drug-likeness (QED) is 0.279. The molecule has 1 N–H and O–H groups in total. The monoisotopic (exact) mass is 528 g/mol. The van der Waals surface area contributed by atoms with Gasteiger partial charge in [0.2, 0.25) is 0 Å². The van der Waals surface area contributed by atoms with Crippen molar-refractivity contribution in [2.75, 3.05) is 13.7 Å². The summed E-state index contributed by atoms with van der Waals surface area (Å²) in [5, 5.41) is 5.00.